The Kier molecular flexibility index (Phi) is 6.49. The van der Waals surface area contributed by atoms with Gasteiger partial charge in [-0.15, -0.1) is 0 Å². The monoisotopic (exact) mass is 386 g/mol. The normalized spacial score (nSPS) is 10.1. The highest BCUT2D eigenvalue weighted by Crippen LogP contribution is 2.23. The minimum atomic E-state index is -0.107. The van der Waals surface area contributed by atoms with E-state index < -0.39 is 0 Å². The highest BCUT2D eigenvalue weighted by molar-refractivity contribution is 5.77. The fourth-order valence-corrected chi connectivity index (χ4v) is 2.87. The van der Waals surface area contributed by atoms with Crippen molar-refractivity contribution in [3.8, 4) is 28.7 Å². The van der Waals surface area contributed by atoms with Gasteiger partial charge in [-0.25, -0.2) is 0 Å². The van der Waals surface area contributed by atoms with Crippen molar-refractivity contribution in [3.63, 3.8) is 0 Å². The third-order valence-electron chi connectivity index (χ3n) is 4.54. The van der Waals surface area contributed by atoms with Crippen LogP contribution < -0.4 is 9.47 Å². The van der Waals surface area contributed by atoms with Gasteiger partial charge in [-0.2, -0.15) is 5.26 Å². The van der Waals surface area contributed by atoms with Crippen molar-refractivity contribution in [3.05, 3.63) is 83.9 Å². The summed E-state index contributed by atoms with van der Waals surface area (Å²) in [6.07, 6.45) is 0. The molecule has 0 fully saturated rings. The molecular weight excluding hydrogens is 364 g/mol. The second-order valence-electron chi connectivity index (χ2n) is 6.60. The Morgan fingerprint density at radius 1 is 0.966 bits per heavy atom. The average Bonchev–Trinajstić information content (AvgIpc) is 2.78. The molecule has 5 heteroatoms. The van der Waals surface area contributed by atoms with Crippen molar-refractivity contribution in [2.75, 3.05) is 20.8 Å². The molecule has 3 rings (SSSR count). The van der Waals surface area contributed by atoms with Crippen LogP contribution in [0, 0.1) is 11.3 Å². The maximum atomic E-state index is 12.4. The van der Waals surface area contributed by atoms with E-state index in [1.165, 1.54) is 0 Å². The molecule has 3 aromatic rings. The molecule has 29 heavy (non-hydrogen) atoms. The number of methoxy groups -OCH3 is 1. The minimum Gasteiger partial charge on any atom is -0.497 e. The molecule has 0 radical (unpaired) electrons. The van der Waals surface area contributed by atoms with Crippen molar-refractivity contribution in [1.82, 2.24) is 4.90 Å². The number of amides is 1. The number of ether oxygens (including phenoxy) is 2. The first-order valence-corrected chi connectivity index (χ1v) is 9.19. The van der Waals surface area contributed by atoms with Crippen LogP contribution in [0.3, 0.4) is 0 Å². The second kappa shape index (κ2) is 9.43. The fraction of sp³-hybridized carbons (Fsp3) is 0.167. The van der Waals surface area contributed by atoms with E-state index in [1.54, 1.807) is 31.2 Å². The van der Waals surface area contributed by atoms with Gasteiger partial charge in [-0.3, -0.25) is 4.79 Å². The smallest absolute Gasteiger partial charge is 0.260 e. The summed E-state index contributed by atoms with van der Waals surface area (Å²) in [5.74, 6) is 1.29. The highest BCUT2D eigenvalue weighted by atomic mass is 16.5. The van der Waals surface area contributed by atoms with E-state index in [0.717, 1.165) is 22.4 Å². The Morgan fingerprint density at radius 3 is 2.24 bits per heavy atom. The maximum absolute atomic E-state index is 12.4. The van der Waals surface area contributed by atoms with Crippen molar-refractivity contribution in [2.24, 2.45) is 0 Å². The number of carbonyl (C=O) groups excluding carboxylic acids is 1. The maximum Gasteiger partial charge on any atom is 0.260 e. The topological polar surface area (TPSA) is 62.6 Å². The molecule has 0 N–H and O–H groups in total. The number of rotatable bonds is 7. The van der Waals surface area contributed by atoms with E-state index in [-0.39, 0.29) is 12.5 Å². The minimum absolute atomic E-state index is 0.0311. The summed E-state index contributed by atoms with van der Waals surface area (Å²) in [5.41, 5.74) is 3.66. The predicted octanol–water partition coefficient (Wildman–Crippen LogP) is 4.27. The summed E-state index contributed by atoms with van der Waals surface area (Å²) in [4.78, 5) is 14.0. The molecule has 1 amide bonds. The largest absolute Gasteiger partial charge is 0.497 e. The molecule has 0 aliphatic rings. The zero-order valence-electron chi connectivity index (χ0n) is 16.5. The van der Waals surface area contributed by atoms with Gasteiger partial charge in [-0.05, 0) is 53.1 Å². The first-order valence-electron chi connectivity index (χ1n) is 9.19. The van der Waals surface area contributed by atoms with Crippen LogP contribution in [-0.4, -0.2) is 31.6 Å². The first-order chi connectivity index (χ1) is 14.1. The molecule has 3 aromatic carbocycles. The van der Waals surface area contributed by atoms with E-state index in [2.05, 4.69) is 6.07 Å². The lowest BCUT2D eigenvalue weighted by atomic mass is 10.0. The van der Waals surface area contributed by atoms with E-state index in [9.17, 15) is 4.79 Å². The standard InChI is InChI=1S/C24H22N2O3/c1-26(16-19-4-3-5-23(14-19)28-2)24(27)17-29-22-12-10-21(11-13-22)20-8-6-18(15-25)7-9-20/h3-14H,16-17H2,1-2H3. The van der Waals surface area contributed by atoms with Crippen LogP contribution in [0.1, 0.15) is 11.1 Å². The molecular formula is C24H22N2O3. The molecule has 0 atom stereocenters. The Morgan fingerprint density at radius 2 is 1.62 bits per heavy atom. The van der Waals surface area contributed by atoms with Gasteiger partial charge in [0, 0.05) is 13.6 Å². The summed E-state index contributed by atoms with van der Waals surface area (Å²) >= 11 is 0. The molecule has 0 spiro atoms. The van der Waals surface area contributed by atoms with Gasteiger partial charge in [0.05, 0.1) is 18.7 Å². The first kappa shape index (κ1) is 20.0. The number of nitrogens with zero attached hydrogens (tertiary/aromatic N) is 2. The lowest BCUT2D eigenvalue weighted by Crippen LogP contribution is -2.30. The van der Waals surface area contributed by atoms with E-state index in [4.69, 9.17) is 14.7 Å². The van der Waals surface area contributed by atoms with Crippen molar-refractivity contribution < 1.29 is 14.3 Å². The average molecular weight is 386 g/mol. The van der Waals surface area contributed by atoms with Crippen molar-refractivity contribution >= 4 is 5.91 Å². The SMILES string of the molecule is COc1cccc(CN(C)C(=O)COc2ccc(-c3ccc(C#N)cc3)cc2)c1. The number of nitriles is 1. The Labute approximate surface area is 170 Å². The van der Waals surface area contributed by atoms with Crippen LogP contribution in [0.25, 0.3) is 11.1 Å². The summed E-state index contributed by atoms with van der Waals surface area (Å²) in [6.45, 7) is 0.452. The predicted molar refractivity (Wildman–Crippen MR) is 112 cm³/mol. The molecule has 146 valence electrons. The van der Waals surface area contributed by atoms with Gasteiger partial charge >= 0.3 is 0 Å². The van der Waals surface area contributed by atoms with Crippen LogP contribution in [0.2, 0.25) is 0 Å². The number of benzene rings is 3. The van der Waals surface area contributed by atoms with Gasteiger partial charge in [0.25, 0.3) is 5.91 Å². The molecule has 0 bridgehead atoms. The molecule has 0 aliphatic heterocycles. The number of hydrogen-bond donors (Lipinski definition) is 0. The quantitative estimate of drug-likeness (QED) is 0.608. The van der Waals surface area contributed by atoms with Crippen LogP contribution in [0.4, 0.5) is 0 Å². The Bertz CT molecular complexity index is 1010. The van der Waals surface area contributed by atoms with Gasteiger partial charge in [0.1, 0.15) is 11.5 Å². The zero-order valence-corrected chi connectivity index (χ0v) is 16.5. The molecule has 0 aromatic heterocycles. The summed E-state index contributed by atoms with van der Waals surface area (Å²) in [7, 11) is 3.37. The van der Waals surface area contributed by atoms with Gasteiger partial charge in [-0.1, -0.05) is 36.4 Å². The number of hydrogen-bond acceptors (Lipinski definition) is 4. The van der Waals surface area contributed by atoms with E-state index in [1.807, 2.05) is 60.7 Å². The fourth-order valence-electron chi connectivity index (χ4n) is 2.87. The van der Waals surface area contributed by atoms with Crippen LogP contribution >= 0.6 is 0 Å². The van der Waals surface area contributed by atoms with Crippen LogP contribution in [0.5, 0.6) is 11.5 Å². The van der Waals surface area contributed by atoms with Gasteiger partial charge in [0.15, 0.2) is 6.61 Å². The molecule has 5 nitrogen and oxygen atoms in total. The molecule has 0 unspecified atom stereocenters. The lowest BCUT2D eigenvalue weighted by Gasteiger charge is -2.18. The van der Waals surface area contributed by atoms with Crippen LogP contribution in [-0.2, 0) is 11.3 Å². The summed E-state index contributed by atoms with van der Waals surface area (Å²) < 4.78 is 10.9. The molecule has 0 aliphatic carbocycles. The van der Waals surface area contributed by atoms with Gasteiger partial charge < -0.3 is 14.4 Å². The van der Waals surface area contributed by atoms with E-state index in [0.29, 0.717) is 17.9 Å². The highest BCUT2D eigenvalue weighted by Gasteiger charge is 2.11. The molecule has 0 saturated heterocycles. The third-order valence-corrected chi connectivity index (χ3v) is 4.54. The second-order valence-corrected chi connectivity index (χ2v) is 6.60. The number of carbonyl (C=O) groups is 1. The molecule has 0 saturated carbocycles. The van der Waals surface area contributed by atoms with Crippen molar-refractivity contribution in [1.29, 1.82) is 5.26 Å². The van der Waals surface area contributed by atoms with Crippen molar-refractivity contribution in [2.45, 2.75) is 6.54 Å². The third kappa shape index (κ3) is 5.36. The lowest BCUT2D eigenvalue weighted by molar-refractivity contribution is -0.132. The number of likely N-dealkylation sites (N-methyl/N-ethyl adjacent to an activating group) is 1. The zero-order chi connectivity index (χ0) is 20.6. The van der Waals surface area contributed by atoms with Gasteiger partial charge in [0.2, 0.25) is 0 Å². The summed E-state index contributed by atoms with van der Waals surface area (Å²) in [5, 5.41) is 8.88. The Hall–Kier alpha value is -3.78. The van der Waals surface area contributed by atoms with E-state index >= 15 is 0 Å². The molecule has 0 heterocycles. The summed E-state index contributed by atoms with van der Waals surface area (Å²) in [6, 6.07) is 24.7. The van der Waals surface area contributed by atoms with Crippen LogP contribution in [0.15, 0.2) is 72.8 Å². The Balaban J connectivity index is 1.54.